The topological polar surface area (TPSA) is 79.5 Å². The van der Waals surface area contributed by atoms with Crippen molar-refractivity contribution >= 4 is 32.5 Å². The van der Waals surface area contributed by atoms with E-state index in [-0.39, 0.29) is 4.90 Å². The van der Waals surface area contributed by atoms with E-state index in [0.717, 1.165) is 16.7 Å². The van der Waals surface area contributed by atoms with Gasteiger partial charge in [-0.3, -0.25) is 4.28 Å². The lowest BCUT2D eigenvalue weighted by Gasteiger charge is -2.06. The molecule has 2 aromatic rings. The quantitative estimate of drug-likeness (QED) is 0.559. The van der Waals surface area contributed by atoms with E-state index >= 15 is 0 Å². The molecular weight excluding hydrogens is 380 g/mol. The summed E-state index contributed by atoms with van der Waals surface area (Å²) in [6.45, 7) is 3.80. The highest BCUT2D eigenvalue weighted by Gasteiger charge is 2.19. The molecule has 0 atom stereocenters. The highest BCUT2D eigenvalue weighted by atomic mass is 32.2. The van der Waals surface area contributed by atoms with Crippen LogP contribution in [0.15, 0.2) is 75.6 Å². The molecule has 7 heteroatoms. The first-order valence-electron chi connectivity index (χ1n) is 8.05. The van der Waals surface area contributed by atoms with Gasteiger partial charge in [-0.25, -0.2) is 0 Å². The van der Waals surface area contributed by atoms with Crippen LogP contribution in [-0.2, 0) is 14.4 Å². The van der Waals surface area contributed by atoms with Gasteiger partial charge in [0.25, 0.3) is 0 Å². The zero-order chi connectivity index (χ0) is 19.4. The Morgan fingerprint density at radius 2 is 1.78 bits per heavy atom. The average Bonchev–Trinajstić information content (AvgIpc) is 3.11. The molecule has 1 heterocycles. The largest absolute Gasteiger partial charge is 0.358 e. The molecule has 0 aliphatic carbocycles. The second-order valence-corrected chi connectivity index (χ2v) is 8.46. The van der Waals surface area contributed by atoms with Crippen LogP contribution >= 0.6 is 11.8 Å². The Labute approximate surface area is 162 Å². The van der Waals surface area contributed by atoms with Crippen molar-refractivity contribution in [3.05, 3.63) is 82.3 Å². The Kier molecular flexibility index (Phi) is 5.49. The van der Waals surface area contributed by atoms with E-state index in [1.54, 1.807) is 24.3 Å². The average molecular weight is 396 g/mol. The standard InChI is InChI=1S/C20H16N2O3S2/c1-14-7-9-16(10-8-14)27(23,24)25-22-20-12-11-19(26-20)18(13-21)17-6-4-3-5-15(17)2/h3-12H,1-2H3/b19-18-,22-20?. The van der Waals surface area contributed by atoms with E-state index in [1.807, 2.05) is 38.1 Å². The van der Waals surface area contributed by atoms with Crippen LogP contribution < -0.4 is 0 Å². The third-order valence-electron chi connectivity index (χ3n) is 3.90. The second-order valence-electron chi connectivity index (χ2n) is 5.87. The van der Waals surface area contributed by atoms with Crippen molar-refractivity contribution < 1.29 is 12.7 Å². The first kappa shape index (κ1) is 19.0. The minimum absolute atomic E-state index is 0.0396. The third-order valence-corrected chi connectivity index (χ3v) is 6.00. The Balaban J connectivity index is 1.82. The lowest BCUT2D eigenvalue weighted by Crippen LogP contribution is -2.03. The van der Waals surface area contributed by atoms with Crippen molar-refractivity contribution in [2.45, 2.75) is 18.7 Å². The van der Waals surface area contributed by atoms with Crippen LogP contribution in [0, 0.1) is 25.2 Å². The van der Waals surface area contributed by atoms with Crippen LogP contribution in [0.1, 0.15) is 16.7 Å². The maximum absolute atomic E-state index is 12.2. The SMILES string of the molecule is Cc1ccc(S(=O)(=O)ON=C2C=C/C(=C(\C#N)c3ccccc3C)S2)cc1. The number of rotatable bonds is 4. The highest BCUT2D eigenvalue weighted by Crippen LogP contribution is 2.35. The van der Waals surface area contributed by atoms with E-state index < -0.39 is 10.1 Å². The van der Waals surface area contributed by atoms with Crippen LogP contribution in [0.4, 0.5) is 0 Å². The fraction of sp³-hybridized carbons (Fsp3) is 0.100. The summed E-state index contributed by atoms with van der Waals surface area (Å²) >= 11 is 1.19. The number of aryl methyl sites for hydroxylation is 2. The van der Waals surface area contributed by atoms with E-state index in [2.05, 4.69) is 11.2 Å². The van der Waals surface area contributed by atoms with Gasteiger partial charge >= 0.3 is 10.1 Å². The maximum atomic E-state index is 12.2. The molecule has 0 aromatic heterocycles. The number of allylic oxidation sites excluding steroid dienone is 2. The molecule has 2 aromatic carbocycles. The monoisotopic (exact) mass is 396 g/mol. The Morgan fingerprint density at radius 3 is 2.44 bits per heavy atom. The first-order valence-corrected chi connectivity index (χ1v) is 10.3. The predicted molar refractivity (Wildman–Crippen MR) is 107 cm³/mol. The van der Waals surface area contributed by atoms with Crippen molar-refractivity contribution in [2.24, 2.45) is 5.16 Å². The summed E-state index contributed by atoms with van der Waals surface area (Å²) < 4.78 is 29.2. The van der Waals surface area contributed by atoms with Gasteiger partial charge in [0.05, 0.1) is 5.57 Å². The van der Waals surface area contributed by atoms with Gasteiger partial charge in [0.2, 0.25) is 0 Å². The van der Waals surface area contributed by atoms with Crippen molar-refractivity contribution in [3.8, 4) is 6.07 Å². The molecule has 0 N–H and O–H groups in total. The molecule has 27 heavy (non-hydrogen) atoms. The molecule has 3 rings (SSSR count). The van der Waals surface area contributed by atoms with Gasteiger partial charge in [-0.2, -0.15) is 13.7 Å². The zero-order valence-corrected chi connectivity index (χ0v) is 16.3. The molecule has 0 bridgehead atoms. The minimum atomic E-state index is -3.98. The minimum Gasteiger partial charge on any atom is -0.264 e. The molecular formula is C20H16N2O3S2. The molecule has 0 saturated carbocycles. The van der Waals surface area contributed by atoms with Gasteiger partial charge < -0.3 is 0 Å². The van der Waals surface area contributed by atoms with Crippen molar-refractivity contribution in [2.75, 3.05) is 0 Å². The van der Waals surface area contributed by atoms with Crippen molar-refractivity contribution in [1.29, 1.82) is 5.26 Å². The smallest absolute Gasteiger partial charge is 0.264 e. The summed E-state index contributed by atoms with van der Waals surface area (Å²) in [5.41, 5.74) is 3.28. The molecule has 5 nitrogen and oxygen atoms in total. The van der Waals surface area contributed by atoms with E-state index in [1.165, 1.54) is 23.9 Å². The summed E-state index contributed by atoms with van der Waals surface area (Å²) in [5.74, 6) is 0. The molecule has 1 aliphatic heterocycles. The van der Waals surface area contributed by atoms with E-state index in [9.17, 15) is 13.7 Å². The van der Waals surface area contributed by atoms with Crippen LogP contribution in [0.25, 0.3) is 5.57 Å². The molecule has 136 valence electrons. The summed E-state index contributed by atoms with van der Waals surface area (Å²) in [7, 11) is -3.98. The van der Waals surface area contributed by atoms with Crippen molar-refractivity contribution in [3.63, 3.8) is 0 Å². The fourth-order valence-corrected chi connectivity index (χ4v) is 4.06. The van der Waals surface area contributed by atoms with Crippen LogP contribution in [0.5, 0.6) is 0 Å². The number of nitrogens with zero attached hydrogens (tertiary/aromatic N) is 2. The highest BCUT2D eigenvalue weighted by molar-refractivity contribution is 8.18. The Morgan fingerprint density at radius 1 is 1.07 bits per heavy atom. The van der Waals surface area contributed by atoms with Gasteiger partial charge in [0, 0.05) is 4.91 Å². The van der Waals surface area contributed by atoms with Gasteiger partial charge in [-0.1, -0.05) is 58.9 Å². The maximum Gasteiger partial charge on any atom is 0.358 e. The summed E-state index contributed by atoms with van der Waals surface area (Å²) in [5, 5.41) is 13.7. The molecule has 0 spiro atoms. The predicted octanol–water partition coefficient (Wildman–Crippen LogP) is 4.56. The number of nitriles is 1. The first-order chi connectivity index (χ1) is 12.9. The van der Waals surface area contributed by atoms with Crippen LogP contribution in [0.2, 0.25) is 0 Å². The van der Waals surface area contributed by atoms with E-state index in [0.29, 0.717) is 15.5 Å². The van der Waals surface area contributed by atoms with Gasteiger partial charge in [-0.15, -0.1) is 0 Å². The molecule has 1 aliphatic rings. The molecule has 0 fully saturated rings. The van der Waals surface area contributed by atoms with Crippen LogP contribution in [-0.4, -0.2) is 13.5 Å². The van der Waals surface area contributed by atoms with Gasteiger partial charge in [-0.05, 0) is 49.3 Å². The third kappa shape index (κ3) is 4.30. The summed E-state index contributed by atoms with van der Waals surface area (Å²) in [6, 6.07) is 16.1. The number of hydrogen-bond acceptors (Lipinski definition) is 6. The van der Waals surface area contributed by atoms with Gasteiger partial charge in [0.15, 0.2) is 0 Å². The number of benzene rings is 2. The lowest BCUT2D eigenvalue weighted by molar-refractivity contribution is 0.340. The number of oxime groups is 1. The summed E-state index contributed by atoms with van der Waals surface area (Å²) in [6.07, 6.45) is 3.36. The van der Waals surface area contributed by atoms with Crippen LogP contribution in [0.3, 0.4) is 0 Å². The molecule has 0 amide bonds. The normalized spacial score (nSPS) is 17.0. The number of thioether (sulfide) groups is 1. The second kappa shape index (κ2) is 7.82. The fourth-order valence-electron chi connectivity index (χ4n) is 2.45. The molecule has 0 unspecified atom stereocenters. The lowest BCUT2D eigenvalue weighted by atomic mass is 10.0. The number of hydrogen-bond donors (Lipinski definition) is 0. The zero-order valence-electron chi connectivity index (χ0n) is 14.7. The summed E-state index contributed by atoms with van der Waals surface area (Å²) in [4.78, 5) is 0.736. The molecule has 0 saturated heterocycles. The Bertz CT molecular complexity index is 1110. The Hall–Kier alpha value is -2.82. The van der Waals surface area contributed by atoms with Gasteiger partial charge in [0.1, 0.15) is 16.0 Å². The molecule has 0 radical (unpaired) electrons. The van der Waals surface area contributed by atoms with Crippen molar-refractivity contribution in [1.82, 2.24) is 0 Å². The van der Waals surface area contributed by atoms with E-state index in [4.69, 9.17) is 4.28 Å².